The number of hydrogen-bond acceptors (Lipinski definition) is 6. The highest BCUT2D eigenvalue weighted by molar-refractivity contribution is 5.85. The number of fused-ring (bicyclic) bond motifs is 1. The van der Waals surface area contributed by atoms with E-state index in [4.69, 9.17) is 9.47 Å². The number of rotatable bonds is 14. The summed E-state index contributed by atoms with van der Waals surface area (Å²) in [6, 6.07) is 11.2. The molecule has 0 aliphatic carbocycles. The fraction of sp³-hybridized carbons (Fsp3) is 0.379. The van der Waals surface area contributed by atoms with Crippen LogP contribution >= 0.6 is 0 Å². The van der Waals surface area contributed by atoms with Gasteiger partial charge in [0.1, 0.15) is 18.1 Å². The maximum atomic E-state index is 15.3. The molecule has 1 aliphatic rings. The quantitative estimate of drug-likeness (QED) is 0.350. The highest BCUT2D eigenvalue weighted by Crippen LogP contribution is 2.39. The van der Waals surface area contributed by atoms with E-state index in [1.165, 1.54) is 39.2 Å². The average Bonchev–Trinajstić information content (AvgIpc) is 3.18. The molecule has 1 atom stereocenters. The number of allylic oxidation sites excluding steroid dienone is 1. The highest BCUT2D eigenvalue weighted by Gasteiger charge is 2.38. The first-order valence-electron chi connectivity index (χ1n) is 12.2. The summed E-state index contributed by atoms with van der Waals surface area (Å²) in [5.41, 5.74) is 2.65. The number of methoxy groups -OCH3 is 1. The number of ketones is 2. The van der Waals surface area contributed by atoms with Crippen LogP contribution in [0.25, 0.3) is 5.70 Å². The molecule has 6 nitrogen and oxygen atoms in total. The van der Waals surface area contributed by atoms with Crippen LogP contribution in [-0.2, 0) is 33.3 Å². The number of nitrogens with one attached hydrogen (secondary N) is 1. The summed E-state index contributed by atoms with van der Waals surface area (Å²) in [5.74, 6) is -3.28. The van der Waals surface area contributed by atoms with Gasteiger partial charge in [-0.15, -0.1) is 0 Å². The Hall–Kier alpha value is -3.52. The fourth-order valence-corrected chi connectivity index (χ4v) is 4.39. The van der Waals surface area contributed by atoms with Gasteiger partial charge in [0.2, 0.25) is 0 Å². The average molecular weight is 513 g/mol. The molecule has 0 aromatic heterocycles. The van der Waals surface area contributed by atoms with Crippen molar-refractivity contribution in [3.8, 4) is 5.75 Å². The molecule has 0 bridgehead atoms. The molecule has 1 heterocycles. The Morgan fingerprint density at radius 3 is 2.57 bits per heavy atom. The van der Waals surface area contributed by atoms with Gasteiger partial charge in [0.25, 0.3) is 0 Å². The monoisotopic (exact) mass is 512 g/mol. The van der Waals surface area contributed by atoms with Gasteiger partial charge in [-0.3, -0.25) is 4.79 Å². The van der Waals surface area contributed by atoms with Crippen LogP contribution in [0.2, 0.25) is 0 Å². The van der Waals surface area contributed by atoms with Crippen LogP contribution in [0.4, 0.5) is 8.78 Å². The van der Waals surface area contributed by atoms with Crippen LogP contribution in [0.3, 0.4) is 0 Å². The molecule has 0 radical (unpaired) electrons. The van der Waals surface area contributed by atoms with Crippen molar-refractivity contribution in [1.29, 1.82) is 0 Å². The van der Waals surface area contributed by atoms with Crippen molar-refractivity contribution in [1.82, 2.24) is 10.2 Å². The van der Waals surface area contributed by atoms with E-state index < -0.39 is 17.7 Å². The van der Waals surface area contributed by atoms with Crippen molar-refractivity contribution >= 4 is 17.3 Å². The van der Waals surface area contributed by atoms with Gasteiger partial charge in [-0.2, -0.15) is 8.78 Å². The van der Waals surface area contributed by atoms with E-state index in [9.17, 15) is 9.59 Å². The second kappa shape index (κ2) is 12.1. The number of carbonyl (C=O) groups excluding carboxylic acids is 2. The van der Waals surface area contributed by atoms with Gasteiger partial charge >= 0.3 is 5.92 Å². The zero-order chi connectivity index (χ0) is 27.2. The van der Waals surface area contributed by atoms with Crippen LogP contribution in [0.15, 0.2) is 61.3 Å². The Morgan fingerprint density at radius 1 is 1.16 bits per heavy atom. The summed E-state index contributed by atoms with van der Waals surface area (Å²) in [4.78, 5) is 25.7. The Bertz CT molecular complexity index is 1180. The van der Waals surface area contributed by atoms with Crippen molar-refractivity contribution in [2.45, 2.75) is 51.7 Å². The van der Waals surface area contributed by atoms with Crippen molar-refractivity contribution < 1.29 is 27.8 Å². The zero-order valence-electron chi connectivity index (χ0n) is 21.6. The first kappa shape index (κ1) is 28.1. The van der Waals surface area contributed by atoms with E-state index in [0.29, 0.717) is 19.4 Å². The number of hydrogen-bond donors (Lipinski definition) is 1. The normalized spacial score (nSPS) is 13.8. The second-order valence-corrected chi connectivity index (χ2v) is 9.18. The molecule has 0 spiro atoms. The van der Waals surface area contributed by atoms with E-state index in [0.717, 1.165) is 22.4 Å². The molecule has 0 amide bonds. The summed E-state index contributed by atoms with van der Waals surface area (Å²) < 4.78 is 41.0. The lowest BCUT2D eigenvalue weighted by atomic mass is 10.0. The molecule has 8 heteroatoms. The van der Waals surface area contributed by atoms with Gasteiger partial charge in [0.15, 0.2) is 5.78 Å². The minimum absolute atomic E-state index is 0.0258. The SMILES string of the molecule is C=C1c2ccc(CNC(=C)C(F)(F)c3ccccc3OCCOC)cc2CN1C(CCC(C)=O)C(C)=O. The number of carbonyl (C=O) groups is 2. The lowest BCUT2D eigenvalue weighted by molar-refractivity contribution is -0.122. The molecule has 2 aromatic rings. The molecule has 0 saturated heterocycles. The highest BCUT2D eigenvalue weighted by atomic mass is 19.3. The van der Waals surface area contributed by atoms with Crippen molar-refractivity contribution in [3.05, 3.63) is 83.6 Å². The van der Waals surface area contributed by atoms with Gasteiger partial charge in [-0.05, 0) is 43.5 Å². The Labute approximate surface area is 216 Å². The van der Waals surface area contributed by atoms with E-state index in [1.807, 2.05) is 23.1 Å². The number of halogens is 2. The van der Waals surface area contributed by atoms with Crippen molar-refractivity contribution in [3.63, 3.8) is 0 Å². The summed E-state index contributed by atoms with van der Waals surface area (Å²) >= 11 is 0. The summed E-state index contributed by atoms with van der Waals surface area (Å²) in [5, 5.41) is 2.77. The molecule has 1 aliphatic heterocycles. The first-order chi connectivity index (χ1) is 17.6. The minimum atomic E-state index is -3.36. The Balaban J connectivity index is 1.69. The van der Waals surface area contributed by atoms with Crippen LogP contribution in [0.5, 0.6) is 5.75 Å². The van der Waals surface area contributed by atoms with Gasteiger partial charge in [-0.1, -0.05) is 43.5 Å². The van der Waals surface area contributed by atoms with Gasteiger partial charge < -0.3 is 24.5 Å². The third kappa shape index (κ3) is 6.63. The van der Waals surface area contributed by atoms with Crippen molar-refractivity contribution in [2.75, 3.05) is 20.3 Å². The molecule has 1 N–H and O–H groups in total. The van der Waals surface area contributed by atoms with E-state index >= 15 is 8.78 Å². The zero-order valence-corrected chi connectivity index (χ0v) is 21.6. The summed E-state index contributed by atoms with van der Waals surface area (Å²) in [6.07, 6.45) is 0.744. The van der Waals surface area contributed by atoms with Gasteiger partial charge in [0, 0.05) is 37.9 Å². The summed E-state index contributed by atoms with van der Waals surface area (Å²) in [6.45, 7) is 11.8. The lowest BCUT2D eigenvalue weighted by Crippen LogP contribution is -2.36. The standard InChI is InChI=1S/C29H34F2N2O4/c1-19(34)10-13-27(21(3)35)33-18-24-16-23(11-12-25(24)20(33)2)17-32-22(4)29(30,31)26-8-6-7-9-28(26)37-15-14-36-5/h6-9,11-12,16,27,32H,2,4,10,13-15,17-18H2,1,3,5H3. The number of nitrogens with zero attached hydrogens (tertiary/aromatic N) is 1. The molecular formula is C29H34F2N2O4. The molecule has 3 rings (SSSR count). The number of benzene rings is 2. The Morgan fingerprint density at radius 2 is 1.89 bits per heavy atom. The minimum Gasteiger partial charge on any atom is -0.491 e. The number of alkyl halides is 2. The Kier molecular flexibility index (Phi) is 9.21. The topological polar surface area (TPSA) is 67.9 Å². The molecule has 2 aromatic carbocycles. The van der Waals surface area contributed by atoms with Crippen molar-refractivity contribution in [2.24, 2.45) is 0 Å². The van der Waals surface area contributed by atoms with Gasteiger partial charge in [-0.25, -0.2) is 0 Å². The van der Waals surface area contributed by atoms with Crippen LogP contribution in [0.1, 0.15) is 48.9 Å². The van der Waals surface area contributed by atoms with Crippen LogP contribution < -0.4 is 10.1 Å². The third-order valence-corrected chi connectivity index (χ3v) is 6.44. The maximum absolute atomic E-state index is 15.3. The third-order valence-electron chi connectivity index (χ3n) is 6.44. The number of para-hydroxylation sites is 1. The fourth-order valence-electron chi connectivity index (χ4n) is 4.39. The summed E-state index contributed by atoms with van der Waals surface area (Å²) in [7, 11) is 1.51. The van der Waals surface area contributed by atoms with E-state index in [2.05, 4.69) is 18.5 Å². The predicted octanol–water partition coefficient (Wildman–Crippen LogP) is 5.22. The smallest absolute Gasteiger partial charge is 0.315 e. The predicted molar refractivity (Wildman–Crippen MR) is 139 cm³/mol. The molecular weight excluding hydrogens is 478 g/mol. The van der Waals surface area contributed by atoms with E-state index in [-0.39, 0.29) is 42.6 Å². The van der Waals surface area contributed by atoms with Crippen LogP contribution in [-0.4, -0.2) is 42.8 Å². The molecule has 0 saturated carbocycles. The van der Waals surface area contributed by atoms with Crippen LogP contribution in [0, 0.1) is 0 Å². The molecule has 37 heavy (non-hydrogen) atoms. The maximum Gasteiger partial charge on any atom is 0.315 e. The molecule has 1 unspecified atom stereocenters. The second-order valence-electron chi connectivity index (χ2n) is 9.18. The van der Waals surface area contributed by atoms with Gasteiger partial charge in [0.05, 0.1) is 23.9 Å². The lowest BCUT2D eigenvalue weighted by Gasteiger charge is -2.28. The molecule has 198 valence electrons. The largest absolute Gasteiger partial charge is 0.491 e. The number of Topliss-reactive ketones (excluding diaryl/α,β-unsaturated/α-hetero) is 2. The first-order valence-corrected chi connectivity index (χ1v) is 12.2. The molecule has 0 fully saturated rings. The number of ether oxygens (including phenoxy) is 2. The van der Waals surface area contributed by atoms with E-state index in [1.54, 1.807) is 6.07 Å².